The molecule has 0 aliphatic rings. The molecule has 17 heavy (non-hydrogen) atoms. The summed E-state index contributed by atoms with van der Waals surface area (Å²) in [4.78, 5) is 14.3. The average Bonchev–Trinajstić information content (AvgIpc) is 2.82. The van der Waals surface area contributed by atoms with Crippen molar-refractivity contribution in [3.8, 4) is 11.5 Å². The van der Waals surface area contributed by atoms with E-state index >= 15 is 0 Å². The SMILES string of the molecule is Cc1cscc1-c1nc(C(F)F)c(C(=O)O)o1. The molecule has 0 fully saturated rings. The van der Waals surface area contributed by atoms with E-state index in [1.54, 1.807) is 17.7 Å². The summed E-state index contributed by atoms with van der Waals surface area (Å²) in [7, 11) is 0. The Morgan fingerprint density at radius 3 is 2.65 bits per heavy atom. The van der Waals surface area contributed by atoms with Gasteiger partial charge in [-0.1, -0.05) is 0 Å². The van der Waals surface area contributed by atoms with Crippen molar-refractivity contribution in [1.29, 1.82) is 0 Å². The van der Waals surface area contributed by atoms with Crippen LogP contribution in [0.5, 0.6) is 0 Å². The van der Waals surface area contributed by atoms with E-state index in [4.69, 9.17) is 9.52 Å². The Morgan fingerprint density at radius 2 is 2.24 bits per heavy atom. The zero-order valence-electron chi connectivity index (χ0n) is 8.61. The summed E-state index contributed by atoms with van der Waals surface area (Å²) in [5.74, 6) is -2.44. The highest BCUT2D eigenvalue weighted by atomic mass is 32.1. The largest absolute Gasteiger partial charge is 0.475 e. The normalized spacial score (nSPS) is 11.1. The van der Waals surface area contributed by atoms with Crippen molar-refractivity contribution >= 4 is 17.3 Å². The van der Waals surface area contributed by atoms with Crippen molar-refractivity contribution in [2.75, 3.05) is 0 Å². The van der Waals surface area contributed by atoms with E-state index in [0.29, 0.717) is 5.56 Å². The maximum absolute atomic E-state index is 12.6. The van der Waals surface area contributed by atoms with Gasteiger partial charge in [-0.3, -0.25) is 0 Å². The lowest BCUT2D eigenvalue weighted by atomic mass is 10.2. The summed E-state index contributed by atoms with van der Waals surface area (Å²) < 4.78 is 30.0. The number of halogens is 2. The molecule has 90 valence electrons. The van der Waals surface area contributed by atoms with Gasteiger partial charge in [0, 0.05) is 5.38 Å². The van der Waals surface area contributed by atoms with Crippen LogP contribution in [0, 0.1) is 6.92 Å². The molecular formula is C10H7F2NO3S. The van der Waals surface area contributed by atoms with Gasteiger partial charge in [0.2, 0.25) is 11.7 Å². The molecule has 7 heteroatoms. The standard InChI is InChI=1S/C10H7F2NO3S/c1-4-2-17-3-5(4)9-13-6(8(11)12)7(16-9)10(14)15/h2-3,8H,1H3,(H,14,15). The van der Waals surface area contributed by atoms with Gasteiger partial charge in [-0.05, 0) is 17.9 Å². The van der Waals surface area contributed by atoms with Crippen molar-refractivity contribution in [2.24, 2.45) is 0 Å². The van der Waals surface area contributed by atoms with Crippen LogP contribution in [0.1, 0.15) is 28.2 Å². The number of aromatic nitrogens is 1. The summed E-state index contributed by atoms with van der Waals surface area (Å²) >= 11 is 1.36. The van der Waals surface area contributed by atoms with Crippen LogP contribution in [0.4, 0.5) is 8.78 Å². The van der Waals surface area contributed by atoms with Crippen LogP contribution in [0.3, 0.4) is 0 Å². The Bertz CT molecular complexity index is 562. The van der Waals surface area contributed by atoms with E-state index in [9.17, 15) is 13.6 Å². The van der Waals surface area contributed by atoms with Crippen LogP contribution < -0.4 is 0 Å². The fraction of sp³-hybridized carbons (Fsp3) is 0.200. The third-order valence-corrected chi connectivity index (χ3v) is 3.00. The van der Waals surface area contributed by atoms with E-state index in [0.717, 1.165) is 5.56 Å². The van der Waals surface area contributed by atoms with Crippen molar-refractivity contribution in [3.63, 3.8) is 0 Å². The van der Waals surface area contributed by atoms with Crippen molar-refractivity contribution in [1.82, 2.24) is 4.98 Å². The molecule has 4 nitrogen and oxygen atoms in total. The highest BCUT2D eigenvalue weighted by Crippen LogP contribution is 2.31. The Hall–Kier alpha value is -1.76. The molecule has 0 saturated carbocycles. The maximum Gasteiger partial charge on any atom is 0.374 e. The molecule has 0 radical (unpaired) electrons. The number of oxazole rings is 1. The number of hydrogen-bond acceptors (Lipinski definition) is 4. The molecule has 2 heterocycles. The number of nitrogens with zero attached hydrogens (tertiary/aromatic N) is 1. The monoisotopic (exact) mass is 259 g/mol. The van der Waals surface area contributed by atoms with E-state index in [1.807, 2.05) is 0 Å². The highest BCUT2D eigenvalue weighted by molar-refractivity contribution is 7.08. The first-order valence-electron chi connectivity index (χ1n) is 4.56. The van der Waals surface area contributed by atoms with Gasteiger partial charge in [0.15, 0.2) is 5.69 Å². The number of carbonyl (C=O) groups is 1. The minimum atomic E-state index is -2.97. The number of rotatable bonds is 3. The Labute approximate surface area is 98.5 Å². The molecule has 1 N–H and O–H groups in total. The van der Waals surface area contributed by atoms with Crippen LogP contribution in [0.15, 0.2) is 15.2 Å². The molecule has 2 aromatic rings. The molecular weight excluding hydrogens is 252 g/mol. The first kappa shape index (κ1) is 11.7. The molecule has 2 rings (SSSR count). The predicted octanol–water partition coefficient (Wildman–Crippen LogP) is 3.35. The molecule has 0 amide bonds. The number of alkyl halides is 2. The molecule has 0 saturated heterocycles. The van der Waals surface area contributed by atoms with Gasteiger partial charge < -0.3 is 9.52 Å². The second-order valence-corrected chi connectivity index (χ2v) is 4.05. The van der Waals surface area contributed by atoms with Crippen LogP contribution in [-0.2, 0) is 0 Å². The predicted molar refractivity (Wildman–Crippen MR) is 56.5 cm³/mol. The van der Waals surface area contributed by atoms with Gasteiger partial charge in [0.1, 0.15) is 0 Å². The molecule has 0 unspecified atom stereocenters. The molecule has 0 atom stereocenters. The van der Waals surface area contributed by atoms with Crippen LogP contribution >= 0.6 is 11.3 Å². The highest BCUT2D eigenvalue weighted by Gasteiger charge is 2.27. The van der Waals surface area contributed by atoms with E-state index < -0.39 is 23.8 Å². The Morgan fingerprint density at radius 1 is 1.53 bits per heavy atom. The van der Waals surface area contributed by atoms with Gasteiger partial charge in [0.25, 0.3) is 6.43 Å². The summed E-state index contributed by atoms with van der Waals surface area (Å²) in [5.41, 5.74) is 0.497. The number of carboxylic acids is 1. The van der Waals surface area contributed by atoms with Crippen LogP contribution in [0.25, 0.3) is 11.5 Å². The van der Waals surface area contributed by atoms with Gasteiger partial charge in [-0.2, -0.15) is 11.3 Å². The molecule has 2 aromatic heterocycles. The Balaban J connectivity index is 2.55. The van der Waals surface area contributed by atoms with E-state index in [2.05, 4.69) is 4.98 Å². The summed E-state index contributed by atoms with van der Waals surface area (Å²) in [6, 6.07) is 0. The molecule has 0 aliphatic carbocycles. The zero-order valence-corrected chi connectivity index (χ0v) is 9.42. The van der Waals surface area contributed by atoms with Crippen molar-refractivity contribution < 1.29 is 23.1 Å². The van der Waals surface area contributed by atoms with Crippen LogP contribution in [0.2, 0.25) is 0 Å². The summed E-state index contributed by atoms with van der Waals surface area (Å²) in [5, 5.41) is 12.2. The molecule has 0 aromatic carbocycles. The topological polar surface area (TPSA) is 63.3 Å². The lowest BCUT2D eigenvalue weighted by Gasteiger charge is -1.91. The second-order valence-electron chi connectivity index (χ2n) is 3.31. The average molecular weight is 259 g/mol. The minimum Gasteiger partial charge on any atom is -0.475 e. The number of carboxylic acid groups (broad SMARTS) is 1. The lowest BCUT2D eigenvalue weighted by Crippen LogP contribution is -1.99. The molecule has 0 spiro atoms. The first-order chi connectivity index (χ1) is 8.00. The lowest BCUT2D eigenvalue weighted by molar-refractivity contribution is 0.0647. The zero-order chi connectivity index (χ0) is 12.6. The summed E-state index contributed by atoms with van der Waals surface area (Å²) in [6.07, 6.45) is -2.97. The Kier molecular flexibility index (Phi) is 2.93. The third-order valence-electron chi connectivity index (χ3n) is 2.14. The van der Waals surface area contributed by atoms with E-state index in [-0.39, 0.29) is 5.89 Å². The van der Waals surface area contributed by atoms with E-state index in [1.165, 1.54) is 11.3 Å². The smallest absolute Gasteiger partial charge is 0.374 e. The van der Waals surface area contributed by atoms with Gasteiger partial charge >= 0.3 is 5.97 Å². The van der Waals surface area contributed by atoms with Gasteiger partial charge in [-0.15, -0.1) is 0 Å². The minimum absolute atomic E-state index is 0.0866. The maximum atomic E-state index is 12.6. The number of aromatic carboxylic acids is 1. The molecule has 0 bridgehead atoms. The fourth-order valence-corrected chi connectivity index (χ4v) is 2.15. The van der Waals surface area contributed by atoms with Crippen molar-refractivity contribution in [3.05, 3.63) is 27.8 Å². The summed E-state index contributed by atoms with van der Waals surface area (Å²) in [6.45, 7) is 1.76. The quantitative estimate of drug-likeness (QED) is 0.918. The van der Waals surface area contributed by atoms with Gasteiger partial charge in [-0.25, -0.2) is 18.6 Å². The number of hydrogen-bond donors (Lipinski definition) is 1. The molecule has 0 aliphatic heterocycles. The fourth-order valence-electron chi connectivity index (χ4n) is 1.33. The van der Waals surface area contributed by atoms with Crippen LogP contribution in [-0.4, -0.2) is 16.1 Å². The van der Waals surface area contributed by atoms with Gasteiger partial charge in [0.05, 0.1) is 5.56 Å². The third kappa shape index (κ3) is 2.05. The first-order valence-corrected chi connectivity index (χ1v) is 5.50. The number of thiophene rings is 1. The second kappa shape index (κ2) is 4.25. The van der Waals surface area contributed by atoms with Crippen molar-refractivity contribution in [2.45, 2.75) is 13.3 Å². The number of aryl methyl sites for hydroxylation is 1.